The monoisotopic (exact) mass is 1080 g/mol. The maximum Gasteiger partial charge on any atom is 0.270 e. The summed E-state index contributed by atoms with van der Waals surface area (Å²) in [6.45, 7) is 3.02. The number of likely N-dealkylation sites (N-methyl/N-ethyl adjacent to an activating group) is 1. The van der Waals surface area contributed by atoms with Gasteiger partial charge in [-0.05, 0) is 119 Å². The van der Waals surface area contributed by atoms with Crippen molar-refractivity contribution in [3.8, 4) is 11.8 Å². The molecule has 18 nitrogen and oxygen atoms in total. The van der Waals surface area contributed by atoms with E-state index >= 15 is 0 Å². The van der Waals surface area contributed by atoms with Crippen molar-refractivity contribution in [2.24, 2.45) is 23.5 Å². The number of nitrogens with zero attached hydrogens (tertiary/aromatic N) is 4. The molecule has 6 aliphatic rings. The Labute approximate surface area is 452 Å². The second-order valence-electron chi connectivity index (χ2n) is 22.5. The van der Waals surface area contributed by atoms with Gasteiger partial charge in [0.05, 0.1) is 6.04 Å². The minimum atomic E-state index is -3.08. The molecule has 0 radical (unpaired) electrons. The molecule has 6 N–H and O–H groups in total. The molecular weight excluding hydrogens is 1000 g/mol. The first-order chi connectivity index (χ1) is 37.3. The Morgan fingerprint density at radius 1 is 0.910 bits per heavy atom. The number of aromatic nitrogens is 1. The van der Waals surface area contributed by atoms with Gasteiger partial charge in [-0.3, -0.25) is 48.5 Å². The van der Waals surface area contributed by atoms with Crippen LogP contribution in [-0.2, 0) is 46.0 Å². The zero-order valence-electron chi connectivity index (χ0n) is 44.5. The lowest BCUT2D eigenvalue weighted by Crippen LogP contribution is -2.60. The van der Waals surface area contributed by atoms with Crippen LogP contribution < -0.4 is 21.7 Å². The molecule has 1 unspecified atom stereocenters. The molecule has 3 aromatic rings. The number of hydrogen-bond donors (Lipinski definition) is 5. The number of ketones is 1. The number of aromatic amines is 1. The van der Waals surface area contributed by atoms with Gasteiger partial charge in [-0.25, -0.2) is 8.78 Å². The van der Waals surface area contributed by atoms with Crippen molar-refractivity contribution < 1.29 is 51.9 Å². The molecule has 0 spiro atoms. The van der Waals surface area contributed by atoms with Crippen LogP contribution >= 0.6 is 0 Å². The third-order valence-electron chi connectivity index (χ3n) is 17.1. The van der Waals surface area contributed by atoms with E-state index in [1.807, 2.05) is 22.9 Å². The van der Waals surface area contributed by atoms with E-state index < -0.39 is 65.5 Å². The highest BCUT2D eigenvalue weighted by Crippen LogP contribution is 2.37. The topological polar surface area (TPSA) is 244 Å². The van der Waals surface area contributed by atoms with E-state index in [1.165, 1.54) is 34.1 Å². The van der Waals surface area contributed by atoms with Crippen LogP contribution in [0.25, 0.3) is 10.9 Å². The first-order valence-corrected chi connectivity index (χ1v) is 27.8. The van der Waals surface area contributed by atoms with Gasteiger partial charge in [0.1, 0.15) is 23.8 Å². The van der Waals surface area contributed by atoms with Crippen LogP contribution in [0, 0.1) is 29.6 Å². The molecule has 5 fully saturated rings. The molecule has 1 aliphatic carbocycles. The summed E-state index contributed by atoms with van der Waals surface area (Å²) in [5.74, 6) is -0.728. The van der Waals surface area contributed by atoms with Crippen LogP contribution in [0.2, 0.25) is 0 Å². The number of alkyl halides is 2. The first kappa shape index (κ1) is 55.7. The molecule has 4 saturated heterocycles. The van der Waals surface area contributed by atoms with E-state index in [4.69, 9.17) is 5.73 Å². The average Bonchev–Trinajstić information content (AvgIpc) is 4.17. The Morgan fingerprint density at radius 3 is 2.41 bits per heavy atom. The van der Waals surface area contributed by atoms with E-state index in [1.54, 1.807) is 12.1 Å². The quantitative estimate of drug-likeness (QED) is 0.0969. The fourth-order valence-corrected chi connectivity index (χ4v) is 12.7. The molecule has 1 aromatic heterocycles. The molecule has 9 rings (SSSR count). The van der Waals surface area contributed by atoms with Gasteiger partial charge >= 0.3 is 0 Å². The number of piperidine rings is 2. The Morgan fingerprint density at radius 2 is 1.68 bits per heavy atom. The number of nitrogens with one attached hydrogen (secondary N) is 4. The Balaban J connectivity index is 0.823. The van der Waals surface area contributed by atoms with Gasteiger partial charge in [-0.1, -0.05) is 43.2 Å². The number of halogens is 2. The average molecular weight is 1080 g/mol. The minimum Gasteiger partial charge on any atom is -0.370 e. The van der Waals surface area contributed by atoms with Crippen LogP contribution in [0.4, 0.5) is 8.78 Å². The molecule has 78 heavy (non-hydrogen) atoms. The molecule has 1 saturated carbocycles. The lowest BCUT2D eigenvalue weighted by Gasteiger charge is -2.38. The van der Waals surface area contributed by atoms with Gasteiger partial charge in [-0.15, -0.1) is 0 Å². The van der Waals surface area contributed by atoms with Crippen molar-refractivity contribution in [2.45, 2.75) is 159 Å². The number of amides is 8. The van der Waals surface area contributed by atoms with Gasteiger partial charge < -0.3 is 41.0 Å². The number of hydrogen-bond acceptors (Lipinski definition) is 10. The standard InChI is InChI=1S/C58H71F2N9O9/c1-58(59,60)38-15-17-43-37(29-38)30-46(62-43)52(73)64-45-25-26-66(2)32-39-16-19-48(69(39)57(45)78)54(75)63-44(18-21-50(61)71)49(70)31-41(35-10-4-3-5-11-35)55(76)67-27-23-34(24-28-67)9-6-7-12-36-13-8-14-40-42(36)33-68(56(40)77)47-20-22-51(72)65-53(47)74/h8,13-15,17,29-30,34-35,39,41,44-45,47-48,62H,3-6,9-11,16,18-28,31-33H2,1-2H3,(H2,61,71)(H,63,75)(H,64,73)(H,65,72,74)/t39-,41+,44+,45+,47?,48+/m1/s1. The third-order valence-corrected chi connectivity index (χ3v) is 17.1. The fraction of sp³-hybridized carbons (Fsp3) is 0.569. The molecule has 2 aromatic carbocycles. The van der Waals surface area contributed by atoms with E-state index in [9.17, 15) is 51.9 Å². The molecule has 8 amide bonds. The van der Waals surface area contributed by atoms with Gasteiger partial charge in [0.15, 0.2) is 5.78 Å². The summed E-state index contributed by atoms with van der Waals surface area (Å²) in [5.41, 5.74) is 7.96. The molecular formula is C58H71F2N9O9. The van der Waals surface area contributed by atoms with Crippen LogP contribution in [0.5, 0.6) is 0 Å². The summed E-state index contributed by atoms with van der Waals surface area (Å²) >= 11 is 0. The van der Waals surface area contributed by atoms with Gasteiger partial charge in [-0.2, -0.15) is 0 Å². The number of benzene rings is 2. The number of carbonyl (C=O) groups excluding carboxylic acids is 9. The molecule has 416 valence electrons. The largest absolute Gasteiger partial charge is 0.370 e. The second-order valence-corrected chi connectivity index (χ2v) is 22.5. The van der Waals surface area contributed by atoms with E-state index in [0.717, 1.165) is 69.4 Å². The summed E-state index contributed by atoms with van der Waals surface area (Å²) in [4.78, 5) is 132. The number of likely N-dealkylation sites (tertiary alicyclic amines) is 1. The van der Waals surface area contributed by atoms with Gasteiger partial charge in [0.2, 0.25) is 35.4 Å². The van der Waals surface area contributed by atoms with Gasteiger partial charge in [0, 0.05) is 105 Å². The van der Waals surface area contributed by atoms with Crippen molar-refractivity contribution in [2.75, 3.05) is 33.2 Å². The number of imide groups is 1. The predicted molar refractivity (Wildman–Crippen MR) is 283 cm³/mol. The number of fused-ring (bicyclic) bond motifs is 3. The number of rotatable bonds is 16. The highest BCUT2D eigenvalue weighted by atomic mass is 19.3. The third kappa shape index (κ3) is 12.6. The molecule has 0 bridgehead atoms. The number of Topliss-reactive ketones (excluding diaryl/α,β-unsaturated/α-hetero) is 1. The molecule has 6 atom stereocenters. The zero-order valence-corrected chi connectivity index (χ0v) is 44.5. The summed E-state index contributed by atoms with van der Waals surface area (Å²) in [7, 11) is 1.90. The normalized spacial score (nSPS) is 23.4. The minimum absolute atomic E-state index is 0.0391. The highest BCUT2D eigenvalue weighted by molar-refractivity contribution is 6.06. The van der Waals surface area contributed by atoms with Crippen molar-refractivity contribution in [3.05, 3.63) is 70.4 Å². The number of H-pyrrole nitrogens is 1. The van der Waals surface area contributed by atoms with Crippen LogP contribution in [-0.4, -0.2) is 141 Å². The molecule has 6 heterocycles. The first-order valence-electron chi connectivity index (χ1n) is 27.8. The molecule has 5 aliphatic heterocycles. The second kappa shape index (κ2) is 23.9. The Bertz CT molecular complexity index is 2910. The Kier molecular flexibility index (Phi) is 17.1. The van der Waals surface area contributed by atoms with E-state index in [-0.39, 0.29) is 98.2 Å². The van der Waals surface area contributed by atoms with E-state index in [0.29, 0.717) is 61.4 Å². The van der Waals surface area contributed by atoms with Crippen molar-refractivity contribution in [1.29, 1.82) is 0 Å². The summed E-state index contributed by atoms with van der Waals surface area (Å²) < 4.78 is 28.2. The van der Waals surface area contributed by atoms with Crippen molar-refractivity contribution in [1.82, 2.24) is 40.5 Å². The Hall–Kier alpha value is -7.01. The highest BCUT2D eigenvalue weighted by Gasteiger charge is 2.46. The van der Waals surface area contributed by atoms with E-state index in [2.05, 4.69) is 32.8 Å². The fourth-order valence-electron chi connectivity index (χ4n) is 12.7. The number of nitrogens with two attached hydrogens (primary N) is 1. The maximum atomic E-state index is 14.6. The van der Waals surface area contributed by atoms with Crippen LogP contribution in [0.1, 0.15) is 154 Å². The summed E-state index contributed by atoms with van der Waals surface area (Å²) in [6.07, 6.45) is 8.45. The summed E-state index contributed by atoms with van der Waals surface area (Å²) in [6, 6.07) is 6.64. The van der Waals surface area contributed by atoms with Crippen molar-refractivity contribution in [3.63, 3.8) is 0 Å². The number of primary amides is 1. The van der Waals surface area contributed by atoms with Crippen molar-refractivity contribution >= 4 is 63.9 Å². The van der Waals surface area contributed by atoms with Crippen LogP contribution in [0.15, 0.2) is 42.5 Å². The smallest absolute Gasteiger partial charge is 0.270 e. The number of carbonyl (C=O) groups is 9. The summed E-state index contributed by atoms with van der Waals surface area (Å²) in [5, 5.41) is 8.47. The zero-order chi connectivity index (χ0) is 55.4. The maximum absolute atomic E-state index is 14.6. The lowest BCUT2D eigenvalue weighted by atomic mass is 9.76. The van der Waals surface area contributed by atoms with Gasteiger partial charge in [0.25, 0.3) is 17.7 Å². The SMILES string of the molecule is CN1CC[C@H](NC(=O)c2cc3cc(C(C)(F)F)ccc3[nH]2)C(=O)N2[C@H](CC[C@H]2C(=O)N[C@@H](CCC(N)=O)C(=O)C[C@H](C(=O)N2CCC(CCC#Cc3cccc4c3CN(C3CCC(=O)NC3=O)C4=O)CC2)C2CCCCC2)C1. The molecule has 20 heteroatoms. The van der Waals surface area contributed by atoms with Crippen LogP contribution in [0.3, 0.4) is 0 Å². The lowest BCUT2D eigenvalue weighted by molar-refractivity contribution is -0.144. The predicted octanol–water partition coefficient (Wildman–Crippen LogP) is 4.81.